The van der Waals surface area contributed by atoms with E-state index >= 15 is 0 Å². The predicted octanol–water partition coefficient (Wildman–Crippen LogP) is 4.12. The molecule has 0 atom stereocenters. The van der Waals surface area contributed by atoms with Gasteiger partial charge in [0.1, 0.15) is 10.9 Å². The minimum atomic E-state index is -0.413. The molecule has 0 radical (unpaired) electrons. The molecular formula is C25H23N5O3. The topological polar surface area (TPSA) is 91.9 Å². The van der Waals surface area contributed by atoms with Crippen LogP contribution in [0.5, 0.6) is 0 Å². The van der Waals surface area contributed by atoms with Gasteiger partial charge in [-0.05, 0) is 43.2 Å². The van der Waals surface area contributed by atoms with Crippen molar-refractivity contribution >= 4 is 39.2 Å². The van der Waals surface area contributed by atoms with Gasteiger partial charge < -0.3 is 4.74 Å². The van der Waals surface area contributed by atoms with Gasteiger partial charge in [0.25, 0.3) is 5.56 Å². The number of rotatable bonds is 5. The summed E-state index contributed by atoms with van der Waals surface area (Å²) in [4.78, 5) is 40.1. The molecule has 0 bridgehead atoms. The molecule has 0 N–H and O–H groups in total. The molecule has 33 heavy (non-hydrogen) atoms. The molecule has 8 heteroatoms. The maximum atomic E-state index is 13.5. The van der Waals surface area contributed by atoms with E-state index in [1.165, 1.54) is 0 Å². The van der Waals surface area contributed by atoms with Crippen LogP contribution in [0.2, 0.25) is 0 Å². The van der Waals surface area contributed by atoms with Gasteiger partial charge in [0.2, 0.25) is 0 Å². The number of fused-ring (bicyclic) bond motifs is 4. The van der Waals surface area contributed by atoms with Crippen molar-refractivity contribution in [3.05, 3.63) is 70.8 Å². The van der Waals surface area contributed by atoms with Crippen LogP contribution in [0.1, 0.15) is 31.1 Å². The highest BCUT2D eigenvalue weighted by atomic mass is 16.5. The number of hydrogen-bond acceptors (Lipinski definition) is 6. The quantitative estimate of drug-likeness (QED) is 0.381. The average molecular weight is 441 g/mol. The largest absolute Gasteiger partial charge is 0.462 e. The smallest absolute Gasteiger partial charge is 0.338 e. The molecule has 0 spiro atoms. The third kappa shape index (κ3) is 3.53. The van der Waals surface area contributed by atoms with E-state index in [4.69, 9.17) is 14.7 Å². The molecule has 0 aliphatic carbocycles. The lowest BCUT2D eigenvalue weighted by Crippen LogP contribution is -2.23. The summed E-state index contributed by atoms with van der Waals surface area (Å²) in [6.07, 6.45) is 1.56. The normalized spacial score (nSPS) is 11.6. The SMILES string of the molecule is CCOC(=O)c1cccc(-n2c3nc4ccccc4nc3c3c(=O)n(CC(C)C)cnc32)c1. The van der Waals surface area contributed by atoms with Crippen LogP contribution in [0, 0.1) is 5.92 Å². The second-order valence-electron chi connectivity index (χ2n) is 8.29. The summed E-state index contributed by atoms with van der Waals surface area (Å²) in [6, 6.07) is 14.6. The van der Waals surface area contributed by atoms with Crippen molar-refractivity contribution in [1.29, 1.82) is 0 Å². The van der Waals surface area contributed by atoms with Crippen molar-refractivity contribution in [1.82, 2.24) is 24.1 Å². The third-order valence-electron chi connectivity index (χ3n) is 5.41. The minimum Gasteiger partial charge on any atom is -0.462 e. The van der Waals surface area contributed by atoms with Gasteiger partial charge in [0.05, 0.1) is 35.2 Å². The van der Waals surface area contributed by atoms with Gasteiger partial charge in [-0.2, -0.15) is 0 Å². The summed E-state index contributed by atoms with van der Waals surface area (Å²) in [5, 5.41) is 0.410. The van der Waals surface area contributed by atoms with Gasteiger partial charge >= 0.3 is 5.97 Å². The molecule has 2 aromatic carbocycles. The molecular weight excluding hydrogens is 418 g/mol. The monoisotopic (exact) mass is 441 g/mol. The van der Waals surface area contributed by atoms with Crippen molar-refractivity contribution in [3.63, 3.8) is 0 Å². The zero-order valence-electron chi connectivity index (χ0n) is 18.6. The van der Waals surface area contributed by atoms with Crippen molar-refractivity contribution in [3.8, 4) is 5.69 Å². The first-order valence-electron chi connectivity index (χ1n) is 10.9. The Balaban J connectivity index is 1.87. The Morgan fingerprint density at radius 2 is 1.79 bits per heavy atom. The van der Waals surface area contributed by atoms with E-state index in [1.807, 2.05) is 44.2 Å². The van der Waals surface area contributed by atoms with Crippen LogP contribution < -0.4 is 5.56 Å². The Kier molecular flexibility index (Phi) is 5.12. The molecule has 3 aromatic heterocycles. The number of aromatic nitrogens is 5. The van der Waals surface area contributed by atoms with E-state index in [0.717, 1.165) is 0 Å². The van der Waals surface area contributed by atoms with E-state index in [2.05, 4.69) is 4.98 Å². The summed E-state index contributed by atoms with van der Waals surface area (Å²) in [6.45, 7) is 6.70. The van der Waals surface area contributed by atoms with Crippen LogP contribution in [0.4, 0.5) is 0 Å². The summed E-state index contributed by atoms with van der Waals surface area (Å²) in [7, 11) is 0. The molecule has 5 rings (SSSR count). The maximum Gasteiger partial charge on any atom is 0.338 e. The fraction of sp³-hybridized carbons (Fsp3) is 0.240. The van der Waals surface area contributed by atoms with E-state index < -0.39 is 5.97 Å². The van der Waals surface area contributed by atoms with Crippen LogP contribution >= 0.6 is 0 Å². The Morgan fingerprint density at radius 3 is 2.52 bits per heavy atom. The molecule has 0 saturated carbocycles. The molecule has 0 unspecified atom stereocenters. The highest BCUT2D eigenvalue weighted by molar-refractivity contribution is 6.06. The fourth-order valence-corrected chi connectivity index (χ4v) is 4.03. The summed E-state index contributed by atoms with van der Waals surface area (Å²) in [5.41, 5.74) is 3.75. The Hall–Kier alpha value is -4.07. The number of carbonyl (C=O) groups excluding carboxylic acids is 1. The molecule has 3 heterocycles. The lowest BCUT2D eigenvalue weighted by atomic mass is 10.2. The first-order chi connectivity index (χ1) is 16.0. The Labute approximate surface area is 189 Å². The van der Waals surface area contributed by atoms with E-state index in [9.17, 15) is 9.59 Å². The van der Waals surface area contributed by atoms with Crippen molar-refractivity contribution in [2.75, 3.05) is 6.61 Å². The zero-order chi connectivity index (χ0) is 23.1. The molecule has 8 nitrogen and oxygen atoms in total. The number of carbonyl (C=O) groups is 1. The van der Waals surface area contributed by atoms with Gasteiger partial charge in [0, 0.05) is 6.54 Å². The number of para-hydroxylation sites is 2. The van der Waals surface area contributed by atoms with Crippen LogP contribution in [0.25, 0.3) is 38.9 Å². The molecule has 0 fully saturated rings. The Bertz CT molecular complexity index is 1580. The lowest BCUT2D eigenvalue weighted by molar-refractivity contribution is 0.0526. The van der Waals surface area contributed by atoms with Gasteiger partial charge in [-0.3, -0.25) is 13.9 Å². The van der Waals surface area contributed by atoms with E-state index in [-0.39, 0.29) is 18.1 Å². The van der Waals surface area contributed by atoms with Gasteiger partial charge in [-0.15, -0.1) is 0 Å². The molecule has 166 valence electrons. The van der Waals surface area contributed by atoms with Crippen LogP contribution in [-0.2, 0) is 11.3 Å². The van der Waals surface area contributed by atoms with E-state index in [1.54, 1.807) is 40.6 Å². The summed E-state index contributed by atoms with van der Waals surface area (Å²) in [5.74, 6) is -0.132. The lowest BCUT2D eigenvalue weighted by Gasteiger charge is -2.10. The summed E-state index contributed by atoms with van der Waals surface area (Å²) >= 11 is 0. The Morgan fingerprint density at radius 1 is 1.03 bits per heavy atom. The fourth-order valence-electron chi connectivity index (χ4n) is 4.03. The molecule has 0 aliphatic rings. The van der Waals surface area contributed by atoms with E-state index in [0.29, 0.717) is 51.0 Å². The first-order valence-corrected chi connectivity index (χ1v) is 10.9. The predicted molar refractivity (Wildman–Crippen MR) is 127 cm³/mol. The first kappa shape index (κ1) is 20.8. The van der Waals surface area contributed by atoms with Crippen molar-refractivity contribution < 1.29 is 9.53 Å². The standard InChI is InChI=1S/C25H23N5O3/c1-4-33-25(32)16-8-7-9-17(12-16)30-22-20(24(31)29(14-26-22)13-15(2)3)21-23(30)28-19-11-6-5-10-18(19)27-21/h5-12,14-15H,4,13H2,1-3H3. The van der Waals surface area contributed by atoms with Crippen LogP contribution in [-0.4, -0.2) is 36.7 Å². The third-order valence-corrected chi connectivity index (χ3v) is 5.41. The number of ether oxygens (including phenoxy) is 1. The number of benzene rings is 2. The van der Waals surface area contributed by atoms with Gasteiger partial charge in [-0.25, -0.2) is 19.7 Å². The van der Waals surface area contributed by atoms with Gasteiger partial charge in [-0.1, -0.05) is 32.0 Å². The van der Waals surface area contributed by atoms with Crippen LogP contribution in [0.15, 0.2) is 59.7 Å². The second-order valence-corrected chi connectivity index (χ2v) is 8.29. The molecule has 0 aliphatic heterocycles. The molecule has 5 aromatic rings. The minimum absolute atomic E-state index is 0.163. The molecule has 0 amide bonds. The van der Waals surface area contributed by atoms with Gasteiger partial charge in [0.15, 0.2) is 11.3 Å². The van der Waals surface area contributed by atoms with Crippen molar-refractivity contribution in [2.24, 2.45) is 5.92 Å². The highest BCUT2D eigenvalue weighted by Gasteiger charge is 2.21. The summed E-state index contributed by atoms with van der Waals surface area (Å²) < 4.78 is 8.56. The highest BCUT2D eigenvalue weighted by Crippen LogP contribution is 2.28. The second kappa shape index (κ2) is 8.12. The van der Waals surface area contributed by atoms with Crippen molar-refractivity contribution in [2.45, 2.75) is 27.3 Å². The maximum absolute atomic E-state index is 13.5. The zero-order valence-corrected chi connectivity index (χ0v) is 18.6. The number of hydrogen-bond donors (Lipinski definition) is 0. The number of nitrogens with zero attached hydrogens (tertiary/aromatic N) is 5. The molecule has 0 saturated heterocycles. The van der Waals surface area contributed by atoms with Crippen LogP contribution in [0.3, 0.4) is 0 Å². The number of esters is 1. The average Bonchev–Trinajstić information content (AvgIpc) is 3.13.